The first-order chi connectivity index (χ1) is 8.02. The van der Waals surface area contributed by atoms with Gasteiger partial charge in [0.15, 0.2) is 5.13 Å². The van der Waals surface area contributed by atoms with Crippen LogP contribution in [0.25, 0.3) is 0 Å². The molecule has 0 radical (unpaired) electrons. The Hall–Kier alpha value is -0.980. The Bertz CT molecular complexity index is 365. The van der Waals surface area contributed by atoms with E-state index in [2.05, 4.69) is 10.3 Å². The minimum Gasteiger partial charge on any atom is -0.395 e. The molecule has 1 aromatic heterocycles. The van der Waals surface area contributed by atoms with Crippen LogP contribution >= 0.6 is 11.3 Å². The van der Waals surface area contributed by atoms with Crippen LogP contribution in [-0.2, 0) is 4.79 Å². The van der Waals surface area contributed by atoms with Crippen molar-refractivity contribution in [2.45, 2.75) is 26.8 Å². The lowest BCUT2D eigenvalue weighted by molar-refractivity contribution is -0.117. The maximum absolute atomic E-state index is 11.7. The van der Waals surface area contributed by atoms with Crippen LogP contribution < -0.4 is 5.32 Å². The molecule has 0 spiro atoms. The Morgan fingerprint density at radius 2 is 2.35 bits per heavy atom. The zero-order valence-corrected chi connectivity index (χ0v) is 11.3. The Morgan fingerprint density at radius 1 is 1.65 bits per heavy atom. The average molecular weight is 257 g/mol. The Kier molecular flexibility index (Phi) is 5.54. The summed E-state index contributed by atoms with van der Waals surface area (Å²) in [6.07, 6.45) is 0. The second kappa shape index (κ2) is 6.68. The molecule has 0 saturated heterocycles. The van der Waals surface area contributed by atoms with E-state index in [0.717, 1.165) is 5.69 Å². The van der Waals surface area contributed by atoms with Gasteiger partial charge in [-0.15, -0.1) is 11.3 Å². The standard InChI is InChI=1S/C11H19N3O2S/c1-8(2)14(4-5-15)6-10(16)13-11-12-9(3)7-17-11/h7-8,15H,4-6H2,1-3H3,(H,12,13,16). The van der Waals surface area contributed by atoms with Crippen molar-refractivity contribution in [3.05, 3.63) is 11.1 Å². The Balaban J connectivity index is 2.47. The molecule has 6 heteroatoms. The molecule has 1 aromatic rings. The van der Waals surface area contributed by atoms with E-state index in [0.29, 0.717) is 11.7 Å². The van der Waals surface area contributed by atoms with Crippen LogP contribution in [0.5, 0.6) is 0 Å². The monoisotopic (exact) mass is 257 g/mol. The number of amides is 1. The molecule has 5 nitrogen and oxygen atoms in total. The lowest BCUT2D eigenvalue weighted by Crippen LogP contribution is -2.39. The fourth-order valence-electron chi connectivity index (χ4n) is 1.40. The third-order valence-corrected chi connectivity index (χ3v) is 3.21. The summed E-state index contributed by atoms with van der Waals surface area (Å²) < 4.78 is 0. The number of aliphatic hydroxyl groups is 1. The maximum atomic E-state index is 11.7. The lowest BCUT2D eigenvalue weighted by Gasteiger charge is -2.24. The van der Waals surface area contributed by atoms with Gasteiger partial charge >= 0.3 is 0 Å². The minimum absolute atomic E-state index is 0.0574. The van der Waals surface area contributed by atoms with Gasteiger partial charge < -0.3 is 10.4 Å². The number of thiazole rings is 1. The second-order valence-corrected chi connectivity index (χ2v) is 4.99. The summed E-state index contributed by atoms with van der Waals surface area (Å²) in [4.78, 5) is 17.8. The highest BCUT2D eigenvalue weighted by molar-refractivity contribution is 7.13. The third-order valence-electron chi connectivity index (χ3n) is 2.33. The van der Waals surface area contributed by atoms with Crippen molar-refractivity contribution in [2.75, 3.05) is 25.0 Å². The van der Waals surface area contributed by atoms with Crippen molar-refractivity contribution < 1.29 is 9.90 Å². The van der Waals surface area contributed by atoms with E-state index < -0.39 is 0 Å². The van der Waals surface area contributed by atoms with E-state index in [1.54, 1.807) is 0 Å². The normalized spacial score (nSPS) is 11.2. The van der Waals surface area contributed by atoms with Crippen molar-refractivity contribution >= 4 is 22.4 Å². The molecule has 0 aliphatic rings. The van der Waals surface area contributed by atoms with Crippen LogP contribution in [0.15, 0.2) is 5.38 Å². The molecular formula is C11H19N3O2S. The van der Waals surface area contributed by atoms with Crippen LogP contribution in [0.4, 0.5) is 5.13 Å². The first-order valence-electron chi connectivity index (χ1n) is 5.59. The summed E-state index contributed by atoms with van der Waals surface area (Å²) in [5.74, 6) is -0.0958. The van der Waals surface area contributed by atoms with Crippen LogP contribution in [0.1, 0.15) is 19.5 Å². The number of hydrogen-bond donors (Lipinski definition) is 2. The molecule has 0 saturated carbocycles. The second-order valence-electron chi connectivity index (χ2n) is 4.13. The number of rotatable bonds is 6. The number of nitrogens with one attached hydrogen (secondary N) is 1. The van der Waals surface area contributed by atoms with Gasteiger partial charge in [0.1, 0.15) is 0 Å². The Labute approximate surface area is 105 Å². The van der Waals surface area contributed by atoms with Gasteiger partial charge in [-0.25, -0.2) is 4.98 Å². The number of anilines is 1. The predicted molar refractivity (Wildman–Crippen MR) is 69.3 cm³/mol. The first kappa shape index (κ1) is 14.1. The maximum Gasteiger partial charge on any atom is 0.240 e. The number of aliphatic hydroxyl groups excluding tert-OH is 1. The predicted octanol–water partition coefficient (Wildman–Crippen LogP) is 1.09. The molecule has 0 aliphatic carbocycles. The number of carbonyl (C=O) groups is 1. The van der Waals surface area contributed by atoms with Crippen molar-refractivity contribution in [2.24, 2.45) is 0 Å². The van der Waals surface area contributed by atoms with Gasteiger partial charge in [-0.2, -0.15) is 0 Å². The number of aromatic nitrogens is 1. The minimum atomic E-state index is -0.0958. The van der Waals surface area contributed by atoms with E-state index in [4.69, 9.17) is 5.11 Å². The molecule has 1 amide bonds. The van der Waals surface area contributed by atoms with Gasteiger partial charge in [-0.3, -0.25) is 9.69 Å². The highest BCUT2D eigenvalue weighted by atomic mass is 32.1. The van der Waals surface area contributed by atoms with E-state index >= 15 is 0 Å². The summed E-state index contributed by atoms with van der Waals surface area (Å²) in [5, 5.41) is 14.2. The lowest BCUT2D eigenvalue weighted by atomic mass is 10.3. The zero-order chi connectivity index (χ0) is 12.8. The molecule has 0 fully saturated rings. The van der Waals surface area contributed by atoms with Crippen LogP contribution in [0.2, 0.25) is 0 Å². The van der Waals surface area contributed by atoms with Gasteiger partial charge in [0.2, 0.25) is 5.91 Å². The largest absolute Gasteiger partial charge is 0.395 e. The van der Waals surface area contributed by atoms with E-state index in [-0.39, 0.29) is 25.1 Å². The van der Waals surface area contributed by atoms with Crippen LogP contribution in [0.3, 0.4) is 0 Å². The number of hydrogen-bond acceptors (Lipinski definition) is 5. The number of carbonyl (C=O) groups excluding carboxylic acids is 1. The van der Waals surface area contributed by atoms with Crippen LogP contribution in [0, 0.1) is 6.92 Å². The SMILES string of the molecule is Cc1csc(NC(=O)CN(CCO)C(C)C)n1. The third kappa shape index (κ3) is 4.80. The molecule has 0 aliphatic heterocycles. The van der Waals surface area contributed by atoms with Gasteiger partial charge in [-0.05, 0) is 20.8 Å². The fourth-order valence-corrected chi connectivity index (χ4v) is 2.11. The summed E-state index contributed by atoms with van der Waals surface area (Å²) in [7, 11) is 0. The first-order valence-corrected chi connectivity index (χ1v) is 6.47. The molecule has 96 valence electrons. The smallest absolute Gasteiger partial charge is 0.240 e. The van der Waals surface area contributed by atoms with Crippen molar-refractivity contribution in [3.63, 3.8) is 0 Å². The van der Waals surface area contributed by atoms with E-state index in [1.807, 2.05) is 31.1 Å². The molecule has 0 aromatic carbocycles. The molecule has 0 bridgehead atoms. The van der Waals surface area contributed by atoms with Gasteiger partial charge in [-0.1, -0.05) is 0 Å². The number of nitrogens with zero attached hydrogens (tertiary/aromatic N) is 2. The summed E-state index contributed by atoms with van der Waals surface area (Å²) in [5.41, 5.74) is 0.904. The van der Waals surface area contributed by atoms with Crippen molar-refractivity contribution in [1.82, 2.24) is 9.88 Å². The molecule has 0 atom stereocenters. The van der Waals surface area contributed by atoms with E-state index in [1.165, 1.54) is 11.3 Å². The zero-order valence-electron chi connectivity index (χ0n) is 10.4. The molecule has 0 unspecified atom stereocenters. The topological polar surface area (TPSA) is 65.5 Å². The fraction of sp³-hybridized carbons (Fsp3) is 0.636. The molecular weight excluding hydrogens is 238 g/mol. The van der Waals surface area contributed by atoms with Gasteiger partial charge in [0.25, 0.3) is 0 Å². The van der Waals surface area contributed by atoms with E-state index in [9.17, 15) is 4.79 Å². The molecule has 1 rings (SSSR count). The molecule has 2 N–H and O–H groups in total. The average Bonchev–Trinajstić information content (AvgIpc) is 2.63. The highest BCUT2D eigenvalue weighted by Crippen LogP contribution is 2.14. The molecule has 1 heterocycles. The van der Waals surface area contributed by atoms with Gasteiger partial charge in [0, 0.05) is 18.0 Å². The van der Waals surface area contributed by atoms with Gasteiger partial charge in [0.05, 0.1) is 18.8 Å². The number of aryl methyl sites for hydroxylation is 1. The highest BCUT2D eigenvalue weighted by Gasteiger charge is 2.14. The summed E-state index contributed by atoms with van der Waals surface area (Å²) in [6, 6.07) is 0.228. The Morgan fingerprint density at radius 3 is 2.82 bits per heavy atom. The summed E-state index contributed by atoms with van der Waals surface area (Å²) >= 11 is 1.42. The van der Waals surface area contributed by atoms with Crippen LogP contribution in [-0.4, -0.2) is 46.6 Å². The van der Waals surface area contributed by atoms with Crippen molar-refractivity contribution in [1.29, 1.82) is 0 Å². The summed E-state index contributed by atoms with van der Waals surface area (Å²) in [6.45, 7) is 6.71. The van der Waals surface area contributed by atoms with Crippen molar-refractivity contribution in [3.8, 4) is 0 Å². The quantitative estimate of drug-likeness (QED) is 0.800. The molecule has 17 heavy (non-hydrogen) atoms.